The van der Waals surface area contributed by atoms with Gasteiger partial charge in [0.2, 0.25) is 12.7 Å². The van der Waals surface area contributed by atoms with E-state index in [9.17, 15) is 14.4 Å². The second kappa shape index (κ2) is 9.76. The van der Waals surface area contributed by atoms with Gasteiger partial charge in [0.05, 0.1) is 22.3 Å². The molecule has 1 fully saturated rings. The summed E-state index contributed by atoms with van der Waals surface area (Å²) >= 11 is 3.18. The summed E-state index contributed by atoms with van der Waals surface area (Å²) in [6.07, 6.45) is 3.87. The quantitative estimate of drug-likeness (QED) is 0.248. The molecule has 170 valence electrons. The van der Waals surface area contributed by atoms with Crippen molar-refractivity contribution >= 4 is 46.9 Å². The number of rotatable bonds is 7. The normalized spacial score (nSPS) is 28.0. The van der Waals surface area contributed by atoms with E-state index in [0.29, 0.717) is 11.3 Å². The highest BCUT2D eigenvalue weighted by Gasteiger charge is 2.53. The van der Waals surface area contributed by atoms with Crippen LogP contribution < -0.4 is 10.9 Å². The number of fused-ring (bicyclic) bond motifs is 1. The molecule has 0 saturated carbocycles. The number of nitrogens with one attached hydrogen (secondary N) is 2. The number of carbonyl (C=O) groups excluding carboxylic acids is 3. The van der Waals surface area contributed by atoms with Gasteiger partial charge in [-0.25, -0.2) is 10.2 Å². The lowest BCUT2D eigenvalue weighted by molar-refractivity contribution is -0.173. The zero-order valence-corrected chi connectivity index (χ0v) is 19.8. The molecule has 3 aliphatic heterocycles. The minimum Gasteiger partial charge on any atom is -0.427 e. The molecule has 0 aromatic rings. The fourth-order valence-electron chi connectivity index (χ4n) is 3.15. The average Bonchev–Trinajstić information content (AvgIpc) is 3.13. The van der Waals surface area contributed by atoms with E-state index >= 15 is 0 Å². The number of nitrogens with zero attached hydrogens (tertiary/aromatic N) is 2. The van der Waals surface area contributed by atoms with Crippen molar-refractivity contribution in [2.24, 2.45) is 10.4 Å². The van der Waals surface area contributed by atoms with Crippen molar-refractivity contribution in [3.63, 3.8) is 0 Å². The van der Waals surface area contributed by atoms with Crippen LogP contribution in [0.4, 0.5) is 0 Å². The molecule has 4 atom stereocenters. The highest BCUT2D eigenvalue weighted by Crippen LogP contribution is 2.41. The first kappa shape index (κ1) is 23.8. The van der Waals surface area contributed by atoms with Crippen LogP contribution in [0, 0.1) is 5.41 Å². The van der Waals surface area contributed by atoms with Crippen molar-refractivity contribution in [3.05, 3.63) is 23.4 Å². The molecule has 1 saturated heterocycles. The summed E-state index contributed by atoms with van der Waals surface area (Å²) in [5.74, 6) is -0.836. The van der Waals surface area contributed by atoms with Crippen LogP contribution in [0.1, 0.15) is 27.7 Å². The first-order chi connectivity index (χ1) is 14.6. The summed E-state index contributed by atoms with van der Waals surface area (Å²) in [6.45, 7) is 6.66. The zero-order chi connectivity index (χ0) is 22.8. The molecule has 4 unspecified atom stereocenters. The predicted molar refractivity (Wildman–Crippen MR) is 121 cm³/mol. The molecule has 3 rings (SSSR count). The molecular weight excluding hydrogens is 440 g/mol. The van der Waals surface area contributed by atoms with Crippen LogP contribution in [0.5, 0.6) is 0 Å². The van der Waals surface area contributed by atoms with E-state index in [1.165, 1.54) is 4.90 Å². The Morgan fingerprint density at radius 2 is 2.10 bits per heavy atom. The number of hydrogen-bond acceptors (Lipinski definition) is 10. The van der Waals surface area contributed by atoms with E-state index in [0.717, 1.165) is 0 Å². The standard InChI is InChI=1S/C20H28N4O5S2/c1-11-13(31-9-22-11)7-6-12-8-30-17-14(23-21-5)16(25)24(17)15(12)18(26)28-10-29-19(27)20(2,3)4/h6-7,9,11,13-14,17,21,23H,8,10H2,1-5H3/b7-6-. The number of aliphatic imine (C=N–C) groups is 1. The third-order valence-electron chi connectivity index (χ3n) is 4.96. The number of allylic oxidation sites excluding steroid dienone is 1. The van der Waals surface area contributed by atoms with Crippen LogP contribution in [0.25, 0.3) is 0 Å². The maximum absolute atomic E-state index is 12.9. The number of carbonyl (C=O) groups is 3. The molecule has 9 nitrogen and oxygen atoms in total. The first-order valence-electron chi connectivity index (χ1n) is 9.95. The second-order valence-electron chi connectivity index (χ2n) is 8.34. The molecule has 11 heteroatoms. The second-order valence-corrected chi connectivity index (χ2v) is 10.5. The Balaban J connectivity index is 1.77. The van der Waals surface area contributed by atoms with Gasteiger partial charge in [0.15, 0.2) is 0 Å². The summed E-state index contributed by atoms with van der Waals surface area (Å²) in [6, 6.07) is -0.284. The number of β-lactam (4-membered cyclic amide) rings is 1. The van der Waals surface area contributed by atoms with Gasteiger partial charge in [-0.15, -0.1) is 23.5 Å². The van der Waals surface area contributed by atoms with Crippen molar-refractivity contribution in [2.75, 3.05) is 19.6 Å². The molecule has 3 heterocycles. The molecule has 31 heavy (non-hydrogen) atoms. The van der Waals surface area contributed by atoms with Crippen LogP contribution in [0.2, 0.25) is 0 Å². The van der Waals surface area contributed by atoms with Crippen LogP contribution >= 0.6 is 23.5 Å². The first-order valence-corrected chi connectivity index (χ1v) is 11.9. The van der Waals surface area contributed by atoms with Gasteiger partial charge < -0.3 is 9.47 Å². The largest absolute Gasteiger partial charge is 0.427 e. The van der Waals surface area contributed by atoms with E-state index in [1.807, 2.05) is 24.6 Å². The molecule has 2 N–H and O–H groups in total. The fraction of sp³-hybridized carbons (Fsp3) is 0.600. The van der Waals surface area contributed by atoms with Crippen molar-refractivity contribution in [2.45, 2.75) is 50.4 Å². The summed E-state index contributed by atoms with van der Waals surface area (Å²) in [5.41, 5.74) is 7.72. The van der Waals surface area contributed by atoms with Gasteiger partial charge in [-0.2, -0.15) is 0 Å². The maximum Gasteiger partial charge on any atom is 0.358 e. The van der Waals surface area contributed by atoms with Crippen LogP contribution in [0.3, 0.4) is 0 Å². The van der Waals surface area contributed by atoms with Crippen LogP contribution in [0.15, 0.2) is 28.4 Å². The van der Waals surface area contributed by atoms with Gasteiger partial charge in [-0.3, -0.25) is 24.9 Å². The third-order valence-corrected chi connectivity index (χ3v) is 7.37. The van der Waals surface area contributed by atoms with E-state index in [2.05, 4.69) is 15.8 Å². The Morgan fingerprint density at radius 3 is 2.71 bits per heavy atom. The molecular formula is C20H28N4O5S2. The molecule has 1 amide bonds. The predicted octanol–water partition coefficient (Wildman–Crippen LogP) is 1.43. The SMILES string of the molecule is CNNC1C(=O)N2C(C(=O)OCOC(=O)C(C)(C)C)=C(/C=C\C3SC=NC3C)CSC12. The summed E-state index contributed by atoms with van der Waals surface area (Å²) < 4.78 is 10.3. The van der Waals surface area contributed by atoms with Crippen LogP contribution in [-0.2, 0) is 23.9 Å². The zero-order valence-electron chi connectivity index (χ0n) is 18.2. The molecule has 0 aliphatic carbocycles. The molecule has 0 bridgehead atoms. The van der Waals surface area contributed by atoms with E-state index in [4.69, 9.17) is 9.47 Å². The van der Waals surface area contributed by atoms with Gasteiger partial charge in [-0.05, 0) is 40.3 Å². The maximum atomic E-state index is 12.9. The van der Waals surface area contributed by atoms with Gasteiger partial charge in [0.1, 0.15) is 17.1 Å². The van der Waals surface area contributed by atoms with Gasteiger partial charge in [-0.1, -0.05) is 12.2 Å². The van der Waals surface area contributed by atoms with E-state index in [-0.39, 0.29) is 28.3 Å². The van der Waals surface area contributed by atoms with Crippen molar-refractivity contribution in [1.82, 2.24) is 15.8 Å². The number of hydrazine groups is 1. The molecule has 0 aromatic carbocycles. The van der Waals surface area contributed by atoms with Gasteiger partial charge >= 0.3 is 11.9 Å². The van der Waals surface area contributed by atoms with Gasteiger partial charge in [0, 0.05) is 5.75 Å². The molecule has 0 radical (unpaired) electrons. The monoisotopic (exact) mass is 468 g/mol. The fourth-order valence-corrected chi connectivity index (χ4v) is 5.34. The molecule has 0 spiro atoms. The number of hydrogen-bond donors (Lipinski definition) is 2. The van der Waals surface area contributed by atoms with Crippen molar-refractivity contribution < 1.29 is 23.9 Å². The number of amides is 1. The highest BCUT2D eigenvalue weighted by molar-refractivity contribution is 8.13. The highest BCUT2D eigenvalue weighted by atomic mass is 32.2. The van der Waals surface area contributed by atoms with Crippen molar-refractivity contribution in [3.8, 4) is 0 Å². The van der Waals surface area contributed by atoms with Gasteiger partial charge in [0.25, 0.3) is 0 Å². The number of thioether (sulfide) groups is 2. The van der Waals surface area contributed by atoms with Crippen molar-refractivity contribution in [1.29, 1.82) is 0 Å². The number of esters is 2. The molecule has 3 aliphatic rings. The minimum atomic E-state index is -0.705. The topological polar surface area (TPSA) is 109 Å². The lowest BCUT2D eigenvalue weighted by Gasteiger charge is -2.49. The van der Waals surface area contributed by atoms with E-state index < -0.39 is 30.2 Å². The lowest BCUT2D eigenvalue weighted by Crippen LogP contribution is -2.71. The lowest BCUT2D eigenvalue weighted by atomic mass is 9.98. The van der Waals surface area contributed by atoms with E-state index in [1.54, 1.807) is 51.3 Å². The minimum absolute atomic E-state index is 0.146. The Labute approximate surface area is 190 Å². The Morgan fingerprint density at radius 1 is 1.35 bits per heavy atom. The average molecular weight is 469 g/mol. The Bertz CT molecular complexity index is 836. The third kappa shape index (κ3) is 5.16. The number of ether oxygens (including phenoxy) is 2. The molecule has 0 aromatic heterocycles. The smallest absolute Gasteiger partial charge is 0.358 e. The summed E-state index contributed by atoms with van der Waals surface area (Å²) in [5, 5.41) is -0.0501. The summed E-state index contributed by atoms with van der Waals surface area (Å²) in [7, 11) is 1.69. The van der Waals surface area contributed by atoms with Crippen LogP contribution in [-0.4, -0.2) is 70.6 Å². The summed E-state index contributed by atoms with van der Waals surface area (Å²) in [4.78, 5) is 43.4. The Kier molecular flexibility index (Phi) is 7.51. The Hall–Kier alpha value is -1.82.